The largest absolute Gasteiger partial charge is 0.472 e. The molecule has 95 heavy (non-hydrogen) atoms. The highest BCUT2D eigenvalue weighted by molar-refractivity contribution is 7.47. The van der Waals surface area contributed by atoms with E-state index in [1.54, 1.807) is 0 Å². The summed E-state index contributed by atoms with van der Waals surface area (Å²) < 4.78 is 68.5. The minimum atomic E-state index is -4.96. The van der Waals surface area contributed by atoms with E-state index in [0.29, 0.717) is 25.7 Å². The molecule has 0 aromatic carbocycles. The standard InChI is InChI=1S/C76H148O17P2/c1-7-10-12-14-16-18-20-21-22-23-24-25-26-27-28-30-34-42-48-54-60-75(80)92-71(64-87-74(79)59-53-47-41-35-31-32-38-44-50-56-68(4)5)66-90-94(82,83)88-62-70(77)63-89-95(84,85)91-67-72(65-86-73(78)58-52-46-40-33-29-19-17-15-13-11-8-2)93-76(81)61-55-49-43-37-36-39-45-51-57-69(6)9-3/h68-72,77H,7-67H2,1-6H3,(H,82,83)(H,84,85)/t69?,70-,71-,72-/m1/s1. The Labute approximate surface area is 581 Å². The van der Waals surface area contributed by atoms with E-state index in [9.17, 15) is 43.2 Å². The van der Waals surface area contributed by atoms with Crippen molar-refractivity contribution in [2.24, 2.45) is 11.8 Å². The molecule has 0 fully saturated rings. The van der Waals surface area contributed by atoms with Crippen molar-refractivity contribution in [3.05, 3.63) is 0 Å². The predicted molar refractivity (Wildman–Crippen MR) is 386 cm³/mol. The molecule has 0 aliphatic heterocycles. The van der Waals surface area contributed by atoms with Gasteiger partial charge in [0, 0.05) is 25.7 Å². The predicted octanol–water partition coefficient (Wildman–Crippen LogP) is 22.3. The maximum absolute atomic E-state index is 13.1. The van der Waals surface area contributed by atoms with E-state index in [2.05, 4.69) is 41.5 Å². The van der Waals surface area contributed by atoms with Gasteiger partial charge in [0.1, 0.15) is 19.3 Å². The van der Waals surface area contributed by atoms with E-state index in [4.69, 9.17) is 37.0 Å². The van der Waals surface area contributed by atoms with Crippen molar-refractivity contribution < 1.29 is 80.2 Å². The SMILES string of the molecule is CCCCCCCCCCCCCCCCCCCCCCC(=O)O[C@H](COC(=O)CCCCCCCCCCCC(C)C)COP(=O)(O)OC[C@@H](O)COP(=O)(O)OC[C@@H](COC(=O)CCCCCCCCCCCCC)OC(=O)CCCCCCCCCCC(C)CC. The first-order chi connectivity index (χ1) is 45.9. The van der Waals surface area contributed by atoms with Crippen LogP contribution in [0.25, 0.3) is 0 Å². The average Bonchev–Trinajstić information content (AvgIpc) is 1.85. The number of hydrogen-bond acceptors (Lipinski definition) is 15. The third kappa shape index (κ3) is 69.0. The van der Waals surface area contributed by atoms with Crippen molar-refractivity contribution in [2.75, 3.05) is 39.6 Å². The molecule has 0 amide bonds. The number of unbranched alkanes of at least 4 members (excludes halogenated alkanes) is 44. The smallest absolute Gasteiger partial charge is 0.462 e. The summed E-state index contributed by atoms with van der Waals surface area (Å²) in [7, 11) is -9.91. The molecule has 0 saturated carbocycles. The van der Waals surface area contributed by atoms with Gasteiger partial charge in [0.25, 0.3) is 0 Å². The van der Waals surface area contributed by atoms with Crippen LogP contribution in [-0.4, -0.2) is 96.7 Å². The molecular weight excluding hydrogens is 1250 g/mol. The molecule has 0 aliphatic rings. The molecule has 17 nitrogen and oxygen atoms in total. The Bertz CT molecular complexity index is 1840. The van der Waals surface area contributed by atoms with E-state index in [-0.39, 0.29) is 25.7 Å². The minimum Gasteiger partial charge on any atom is -0.462 e. The van der Waals surface area contributed by atoms with Crippen molar-refractivity contribution in [2.45, 2.75) is 413 Å². The van der Waals surface area contributed by atoms with Crippen molar-refractivity contribution in [3.63, 3.8) is 0 Å². The van der Waals surface area contributed by atoms with Crippen LogP contribution in [0.15, 0.2) is 0 Å². The Hall–Kier alpha value is -1.94. The highest BCUT2D eigenvalue weighted by Crippen LogP contribution is 2.45. The Morgan fingerprint density at radius 2 is 0.537 bits per heavy atom. The zero-order valence-corrected chi connectivity index (χ0v) is 63.8. The summed E-state index contributed by atoms with van der Waals surface area (Å²) in [6, 6.07) is 0. The van der Waals surface area contributed by atoms with Gasteiger partial charge in [-0.25, -0.2) is 9.13 Å². The highest BCUT2D eigenvalue weighted by atomic mass is 31.2. The van der Waals surface area contributed by atoms with Crippen molar-refractivity contribution in [1.82, 2.24) is 0 Å². The topological polar surface area (TPSA) is 237 Å². The van der Waals surface area contributed by atoms with Gasteiger partial charge in [0.15, 0.2) is 12.2 Å². The molecule has 19 heteroatoms. The van der Waals surface area contributed by atoms with Crippen LogP contribution in [0.3, 0.4) is 0 Å². The van der Waals surface area contributed by atoms with Gasteiger partial charge in [-0.1, -0.05) is 343 Å². The molecule has 0 spiro atoms. The van der Waals surface area contributed by atoms with E-state index in [0.717, 1.165) is 102 Å². The molecule has 0 aromatic heterocycles. The second-order valence-corrected chi connectivity index (χ2v) is 31.0. The first-order valence-electron chi connectivity index (χ1n) is 39.5. The van der Waals surface area contributed by atoms with Gasteiger partial charge in [0.2, 0.25) is 0 Å². The van der Waals surface area contributed by atoms with Gasteiger partial charge in [0.05, 0.1) is 26.4 Å². The second-order valence-electron chi connectivity index (χ2n) is 28.1. The van der Waals surface area contributed by atoms with Crippen molar-refractivity contribution in [3.8, 4) is 0 Å². The molecule has 0 aromatic rings. The van der Waals surface area contributed by atoms with E-state index in [1.165, 1.54) is 212 Å². The number of aliphatic hydroxyl groups excluding tert-OH is 1. The van der Waals surface area contributed by atoms with Crippen LogP contribution in [0.4, 0.5) is 0 Å². The van der Waals surface area contributed by atoms with Crippen LogP contribution < -0.4 is 0 Å². The molecule has 0 saturated heterocycles. The number of ether oxygens (including phenoxy) is 4. The summed E-state index contributed by atoms with van der Waals surface area (Å²) in [5.74, 6) is -0.604. The summed E-state index contributed by atoms with van der Waals surface area (Å²) in [6.07, 6.45) is 55.5. The average molecular weight is 1400 g/mol. The van der Waals surface area contributed by atoms with Crippen LogP contribution in [0.2, 0.25) is 0 Å². The monoisotopic (exact) mass is 1400 g/mol. The Morgan fingerprint density at radius 1 is 0.305 bits per heavy atom. The van der Waals surface area contributed by atoms with Crippen LogP contribution in [-0.2, 0) is 65.4 Å². The minimum absolute atomic E-state index is 0.105. The fourth-order valence-electron chi connectivity index (χ4n) is 11.6. The van der Waals surface area contributed by atoms with Crippen molar-refractivity contribution >= 4 is 39.5 Å². The molecule has 0 heterocycles. The number of aliphatic hydroxyl groups is 1. The summed E-state index contributed by atoms with van der Waals surface area (Å²) in [6.45, 7) is 9.57. The number of hydrogen-bond donors (Lipinski definition) is 3. The summed E-state index contributed by atoms with van der Waals surface area (Å²) >= 11 is 0. The summed E-state index contributed by atoms with van der Waals surface area (Å²) in [4.78, 5) is 72.8. The second kappa shape index (κ2) is 67.9. The third-order valence-corrected chi connectivity index (χ3v) is 20.0. The zero-order chi connectivity index (χ0) is 70.0. The van der Waals surface area contributed by atoms with Gasteiger partial charge in [-0.05, 0) is 37.5 Å². The molecule has 3 N–H and O–H groups in total. The molecule has 0 radical (unpaired) electrons. The quantitative estimate of drug-likeness (QED) is 0.0222. The highest BCUT2D eigenvalue weighted by Gasteiger charge is 2.30. The lowest BCUT2D eigenvalue weighted by Crippen LogP contribution is -2.30. The Balaban J connectivity index is 5.22. The number of phosphoric acid groups is 2. The molecule has 564 valence electrons. The van der Waals surface area contributed by atoms with Crippen LogP contribution in [0, 0.1) is 11.8 Å². The number of esters is 4. The van der Waals surface area contributed by atoms with Gasteiger partial charge >= 0.3 is 39.5 Å². The fraction of sp³-hybridized carbons (Fsp3) is 0.947. The van der Waals surface area contributed by atoms with Crippen LogP contribution >= 0.6 is 15.6 Å². The molecular formula is C76H148O17P2. The van der Waals surface area contributed by atoms with Gasteiger partial charge in [-0.3, -0.25) is 37.3 Å². The molecule has 0 aliphatic carbocycles. The molecule has 0 bridgehead atoms. The number of rotatable bonds is 75. The lowest BCUT2D eigenvalue weighted by atomic mass is 9.99. The molecule has 0 rings (SSSR count). The first kappa shape index (κ1) is 93.1. The van der Waals surface area contributed by atoms with Crippen molar-refractivity contribution in [1.29, 1.82) is 0 Å². The Kier molecular flexibility index (Phi) is 66.5. The van der Waals surface area contributed by atoms with Gasteiger partial charge in [-0.15, -0.1) is 0 Å². The maximum atomic E-state index is 13.1. The normalized spacial score (nSPS) is 14.3. The number of carbonyl (C=O) groups excluding carboxylic acids is 4. The lowest BCUT2D eigenvalue weighted by molar-refractivity contribution is -0.161. The fourth-order valence-corrected chi connectivity index (χ4v) is 13.2. The van der Waals surface area contributed by atoms with Crippen LogP contribution in [0.5, 0.6) is 0 Å². The van der Waals surface area contributed by atoms with E-state index in [1.807, 2.05) is 0 Å². The zero-order valence-electron chi connectivity index (χ0n) is 62.0. The first-order valence-corrected chi connectivity index (χ1v) is 42.5. The van der Waals surface area contributed by atoms with Crippen LogP contribution in [0.1, 0.15) is 395 Å². The van der Waals surface area contributed by atoms with Gasteiger partial charge < -0.3 is 33.8 Å². The molecule has 6 atom stereocenters. The number of phosphoric ester groups is 2. The summed E-state index contributed by atoms with van der Waals surface area (Å²) in [5.41, 5.74) is 0. The van der Waals surface area contributed by atoms with Gasteiger partial charge in [-0.2, -0.15) is 0 Å². The Morgan fingerprint density at radius 3 is 0.800 bits per heavy atom. The van der Waals surface area contributed by atoms with E-state index >= 15 is 0 Å². The lowest BCUT2D eigenvalue weighted by Gasteiger charge is -2.21. The van der Waals surface area contributed by atoms with E-state index < -0.39 is 97.5 Å². The maximum Gasteiger partial charge on any atom is 0.472 e. The third-order valence-electron chi connectivity index (χ3n) is 18.1. The summed E-state index contributed by atoms with van der Waals surface area (Å²) in [5, 5.41) is 10.6. The molecule has 3 unspecified atom stereocenters. The number of carbonyl (C=O) groups is 4.